The lowest BCUT2D eigenvalue weighted by molar-refractivity contribution is -0.137. The van der Waals surface area contributed by atoms with E-state index in [0.29, 0.717) is 6.42 Å². The Balaban J connectivity index is 3.00. The zero-order chi connectivity index (χ0) is 15.3. The fourth-order valence-corrected chi connectivity index (χ4v) is 2.99. The van der Waals surface area contributed by atoms with E-state index in [1.54, 1.807) is 6.92 Å². The summed E-state index contributed by atoms with van der Waals surface area (Å²) in [6.07, 6.45) is -0.331. The van der Waals surface area contributed by atoms with Crippen LogP contribution in [0.4, 0.5) is 8.78 Å². The van der Waals surface area contributed by atoms with Gasteiger partial charge in [0.05, 0.1) is 6.20 Å². The Morgan fingerprint density at radius 3 is 2.70 bits per heavy atom. The first-order valence-corrected chi connectivity index (χ1v) is 7.24. The number of hydrogen-bond acceptors (Lipinski definition) is 4. The molecule has 0 saturated carbocycles. The van der Waals surface area contributed by atoms with Crippen molar-refractivity contribution in [1.29, 1.82) is 0 Å². The molecule has 20 heavy (non-hydrogen) atoms. The molecule has 1 N–H and O–H groups in total. The van der Waals surface area contributed by atoms with Gasteiger partial charge in [0.2, 0.25) is 10.0 Å². The zero-order valence-corrected chi connectivity index (χ0v) is 11.6. The number of carboxylic acids is 1. The smallest absolute Gasteiger partial charge is 0.318 e. The molecule has 0 spiro atoms. The van der Waals surface area contributed by atoms with Gasteiger partial charge in [0.15, 0.2) is 0 Å². The van der Waals surface area contributed by atoms with Crippen LogP contribution in [0.2, 0.25) is 0 Å². The maximum atomic E-state index is 12.2. The monoisotopic (exact) mass is 311 g/mol. The third kappa shape index (κ3) is 4.23. The lowest BCUT2D eigenvalue weighted by Gasteiger charge is -2.18. The topological polar surface area (TPSA) is 92.5 Å². The summed E-state index contributed by atoms with van der Waals surface area (Å²) in [5.41, 5.74) is 0. The maximum absolute atomic E-state index is 12.2. The molecule has 1 rings (SSSR count). The largest absolute Gasteiger partial charge is 0.480 e. The Morgan fingerprint density at radius 2 is 2.20 bits per heavy atom. The van der Waals surface area contributed by atoms with Gasteiger partial charge in [-0.3, -0.25) is 9.48 Å². The molecule has 0 aliphatic heterocycles. The first kappa shape index (κ1) is 16.5. The lowest BCUT2D eigenvalue weighted by atomic mass is 10.5. The minimum Gasteiger partial charge on any atom is -0.480 e. The number of aliphatic carboxylic acids is 1. The van der Waals surface area contributed by atoms with E-state index in [-0.39, 0.29) is 11.4 Å². The van der Waals surface area contributed by atoms with Crippen molar-refractivity contribution in [3.8, 4) is 0 Å². The highest BCUT2D eigenvalue weighted by Gasteiger charge is 2.27. The second kappa shape index (κ2) is 6.75. The van der Waals surface area contributed by atoms with Crippen molar-refractivity contribution in [3.05, 3.63) is 12.4 Å². The van der Waals surface area contributed by atoms with E-state index in [1.165, 1.54) is 0 Å². The summed E-state index contributed by atoms with van der Waals surface area (Å²) in [6, 6.07) is 0. The second-order valence-electron chi connectivity index (χ2n) is 4.02. The van der Waals surface area contributed by atoms with Gasteiger partial charge in [-0.25, -0.2) is 17.2 Å². The molecule has 0 unspecified atom stereocenters. The van der Waals surface area contributed by atoms with Gasteiger partial charge in [-0.15, -0.1) is 0 Å². The Hall–Kier alpha value is -1.55. The first-order valence-electron chi connectivity index (χ1n) is 5.80. The van der Waals surface area contributed by atoms with E-state index in [4.69, 9.17) is 5.11 Å². The molecule has 10 heteroatoms. The highest BCUT2D eigenvalue weighted by molar-refractivity contribution is 7.89. The van der Waals surface area contributed by atoms with Crippen molar-refractivity contribution in [1.82, 2.24) is 14.1 Å². The van der Waals surface area contributed by atoms with Gasteiger partial charge in [0, 0.05) is 12.7 Å². The van der Waals surface area contributed by atoms with Crippen LogP contribution in [0.25, 0.3) is 0 Å². The van der Waals surface area contributed by atoms with Crippen molar-refractivity contribution < 1.29 is 27.1 Å². The summed E-state index contributed by atoms with van der Waals surface area (Å²) in [4.78, 5) is 10.4. The molecule has 0 aliphatic carbocycles. The Bertz CT molecular complexity index is 559. The minimum absolute atomic E-state index is 0.0225. The summed E-state index contributed by atoms with van der Waals surface area (Å²) in [6.45, 7) is 0.317. The van der Waals surface area contributed by atoms with Gasteiger partial charge in [-0.2, -0.15) is 9.40 Å². The van der Waals surface area contributed by atoms with Crippen LogP contribution in [0, 0.1) is 0 Å². The van der Waals surface area contributed by atoms with E-state index in [0.717, 1.165) is 21.4 Å². The predicted octanol–water partition coefficient (Wildman–Crippen LogP) is 0.633. The van der Waals surface area contributed by atoms with E-state index >= 15 is 0 Å². The Morgan fingerprint density at radius 1 is 1.55 bits per heavy atom. The van der Waals surface area contributed by atoms with Crippen LogP contribution in [0.1, 0.15) is 13.3 Å². The average molecular weight is 311 g/mol. The molecule has 7 nitrogen and oxygen atoms in total. The molecule has 0 radical (unpaired) electrons. The molecule has 0 aromatic carbocycles. The molecule has 0 fully saturated rings. The maximum Gasteiger partial charge on any atom is 0.318 e. The second-order valence-corrected chi connectivity index (χ2v) is 5.96. The molecule has 1 aromatic rings. The molecule has 0 bridgehead atoms. The summed E-state index contributed by atoms with van der Waals surface area (Å²) in [5.74, 6) is -1.29. The molecule has 1 heterocycles. The van der Waals surface area contributed by atoms with Crippen LogP contribution in [-0.2, 0) is 21.4 Å². The number of hydrogen-bond donors (Lipinski definition) is 1. The summed E-state index contributed by atoms with van der Waals surface area (Å²) >= 11 is 0. The van der Waals surface area contributed by atoms with Crippen LogP contribution >= 0.6 is 0 Å². The van der Waals surface area contributed by atoms with Crippen molar-refractivity contribution in [2.45, 2.75) is 31.2 Å². The lowest BCUT2D eigenvalue weighted by Crippen LogP contribution is -2.36. The fourth-order valence-electron chi connectivity index (χ4n) is 1.55. The summed E-state index contributed by atoms with van der Waals surface area (Å²) in [5, 5.41) is 12.2. The number of carbonyl (C=O) groups is 1. The molecule has 0 aliphatic rings. The molecular formula is C10H15F2N3O4S. The van der Waals surface area contributed by atoms with Gasteiger partial charge >= 0.3 is 5.97 Å². The molecule has 1 aromatic heterocycles. The van der Waals surface area contributed by atoms with Crippen LogP contribution in [0.3, 0.4) is 0 Å². The van der Waals surface area contributed by atoms with Crippen molar-refractivity contribution >= 4 is 16.0 Å². The van der Waals surface area contributed by atoms with Crippen LogP contribution in [-0.4, -0.2) is 53.1 Å². The van der Waals surface area contributed by atoms with Gasteiger partial charge < -0.3 is 5.11 Å². The Labute approximate surface area is 114 Å². The predicted molar refractivity (Wildman–Crippen MR) is 64.9 cm³/mol. The number of carboxylic acid groups (broad SMARTS) is 1. The third-order valence-corrected chi connectivity index (χ3v) is 4.16. The summed E-state index contributed by atoms with van der Waals surface area (Å²) in [7, 11) is -4.05. The van der Waals surface area contributed by atoms with Crippen LogP contribution in [0.5, 0.6) is 0 Å². The minimum atomic E-state index is -4.05. The number of rotatable bonds is 8. The number of nitrogens with zero attached hydrogens (tertiary/aromatic N) is 3. The van der Waals surface area contributed by atoms with Gasteiger partial charge in [-0.05, 0) is 6.42 Å². The highest BCUT2D eigenvalue weighted by atomic mass is 32.2. The standard InChI is InChI=1S/C10H15F2N3O4S/c1-2-3-15(7-10(16)17)20(18,19)8-4-13-14(5-8)6-9(11)12/h4-5,9H,2-3,6-7H2,1H3,(H,16,17). The van der Waals surface area contributed by atoms with Crippen LogP contribution < -0.4 is 0 Å². The number of halogens is 2. The number of aromatic nitrogens is 2. The number of sulfonamides is 1. The highest BCUT2D eigenvalue weighted by Crippen LogP contribution is 2.15. The SMILES string of the molecule is CCCN(CC(=O)O)S(=O)(=O)c1cnn(CC(F)F)c1. The van der Waals surface area contributed by atoms with E-state index in [2.05, 4.69) is 5.10 Å². The molecule has 0 amide bonds. The zero-order valence-electron chi connectivity index (χ0n) is 10.7. The fraction of sp³-hybridized carbons (Fsp3) is 0.600. The average Bonchev–Trinajstić information content (AvgIpc) is 2.76. The number of alkyl halides is 2. The van der Waals surface area contributed by atoms with Crippen LogP contribution in [0.15, 0.2) is 17.3 Å². The molecular weight excluding hydrogens is 296 g/mol. The molecule has 0 atom stereocenters. The quantitative estimate of drug-likeness (QED) is 0.760. The third-order valence-electron chi connectivity index (χ3n) is 2.36. The van der Waals surface area contributed by atoms with Gasteiger partial charge in [0.25, 0.3) is 6.43 Å². The summed E-state index contributed by atoms with van der Waals surface area (Å²) < 4.78 is 50.3. The van der Waals surface area contributed by atoms with Gasteiger partial charge in [0.1, 0.15) is 18.0 Å². The van der Waals surface area contributed by atoms with E-state index < -0.39 is 35.5 Å². The van der Waals surface area contributed by atoms with Crippen molar-refractivity contribution in [2.75, 3.05) is 13.1 Å². The first-order chi connectivity index (χ1) is 9.27. The molecule has 0 saturated heterocycles. The van der Waals surface area contributed by atoms with E-state index in [9.17, 15) is 22.0 Å². The molecule has 114 valence electrons. The van der Waals surface area contributed by atoms with Crippen molar-refractivity contribution in [2.24, 2.45) is 0 Å². The van der Waals surface area contributed by atoms with Gasteiger partial charge in [-0.1, -0.05) is 6.92 Å². The normalized spacial score (nSPS) is 12.2. The van der Waals surface area contributed by atoms with E-state index in [1.807, 2.05) is 0 Å². The van der Waals surface area contributed by atoms with Crippen molar-refractivity contribution in [3.63, 3.8) is 0 Å². The Kier molecular flexibility index (Phi) is 5.57.